The molecule has 9 heteroatoms. The molecule has 0 radical (unpaired) electrons. The van der Waals surface area contributed by atoms with Crippen LogP contribution in [-0.4, -0.2) is 78.4 Å². The van der Waals surface area contributed by atoms with Crippen LogP contribution in [0.2, 0.25) is 0 Å². The van der Waals surface area contributed by atoms with Gasteiger partial charge in [0.05, 0.1) is 6.10 Å². The summed E-state index contributed by atoms with van der Waals surface area (Å²) in [7, 11) is 0. The molecule has 3 saturated heterocycles. The molecule has 39 heavy (non-hydrogen) atoms. The smallest absolute Gasteiger partial charge is 0.248 e. The minimum atomic E-state index is -2.49. The molecule has 1 aromatic rings. The Hall–Kier alpha value is -0.810. The Morgan fingerprint density at radius 2 is 1.74 bits per heavy atom. The van der Waals surface area contributed by atoms with E-state index in [1.165, 1.54) is 42.4 Å². The zero-order valence-corrected chi connectivity index (χ0v) is 24.5. The van der Waals surface area contributed by atoms with Crippen molar-refractivity contribution in [2.24, 2.45) is 5.92 Å². The number of halogens is 2. The molecule has 6 rings (SSSR count). The first-order valence-corrected chi connectivity index (χ1v) is 16.2. The number of rotatable bonds is 2. The molecule has 2 saturated carbocycles. The van der Waals surface area contributed by atoms with Crippen LogP contribution in [0.1, 0.15) is 80.5 Å². The summed E-state index contributed by atoms with van der Waals surface area (Å²) in [5.41, 5.74) is 4.00. The summed E-state index contributed by atoms with van der Waals surface area (Å²) in [6.07, 6.45) is 7.11. The summed E-state index contributed by atoms with van der Waals surface area (Å²) < 4.78 is 38.6. The van der Waals surface area contributed by atoms with Crippen LogP contribution in [0.5, 0.6) is 0 Å². The van der Waals surface area contributed by atoms with Gasteiger partial charge < -0.3 is 4.74 Å². The van der Waals surface area contributed by atoms with Gasteiger partial charge in [0.15, 0.2) is 0 Å². The first kappa shape index (κ1) is 28.3. The predicted octanol–water partition coefficient (Wildman–Crippen LogP) is 4.93. The van der Waals surface area contributed by atoms with Gasteiger partial charge in [-0.15, -0.1) is 0 Å². The number of hydrogen-bond acceptors (Lipinski definition) is 7. The van der Waals surface area contributed by atoms with Gasteiger partial charge in [-0.2, -0.15) is 0 Å². The molecule has 6 unspecified atom stereocenters. The van der Waals surface area contributed by atoms with Crippen molar-refractivity contribution in [2.75, 3.05) is 32.7 Å². The lowest BCUT2D eigenvalue weighted by atomic mass is 9.88. The molecule has 5 fully saturated rings. The number of benzene rings is 1. The Kier molecular flexibility index (Phi) is 8.86. The van der Waals surface area contributed by atoms with Gasteiger partial charge in [0.25, 0.3) is 0 Å². The fraction of sp³-hybridized carbons (Fsp3) is 0.800. The highest BCUT2D eigenvalue weighted by Crippen LogP contribution is 2.37. The van der Waals surface area contributed by atoms with Gasteiger partial charge in [-0.05, 0) is 68.6 Å². The molecule has 3 N–H and O–H groups in total. The van der Waals surface area contributed by atoms with Gasteiger partial charge in [-0.25, -0.2) is 13.5 Å². The summed E-state index contributed by atoms with van der Waals surface area (Å²) in [5, 5.41) is 8.20. The van der Waals surface area contributed by atoms with Crippen molar-refractivity contribution in [3.63, 3.8) is 0 Å². The van der Waals surface area contributed by atoms with Crippen LogP contribution in [0.3, 0.4) is 0 Å². The van der Waals surface area contributed by atoms with Crippen LogP contribution in [0.4, 0.5) is 8.78 Å². The standard InChI is InChI=1S/C30H47F2N5OS/c1-20-5-3-6-21(2)28(20)26-16-27-34-29(33-26)35-39-25-8-4-7-22(15-25)17-36-13-14-37(19-24(18-36)38-27)23-9-11-30(31,32)12-10-23/h3,5-6,22-27,29,33-35H,4,7-19H2,1-2H3/t22?,24-,25?,26?,27?,29?/m1/s1. The second-order valence-corrected chi connectivity index (χ2v) is 14.0. The third-order valence-electron chi connectivity index (χ3n) is 9.83. The fourth-order valence-corrected chi connectivity index (χ4v) is 8.95. The van der Waals surface area contributed by atoms with E-state index in [0.29, 0.717) is 24.0 Å². The fourth-order valence-electron chi connectivity index (χ4n) is 7.84. The Balaban J connectivity index is 1.24. The Bertz CT molecular complexity index is 954. The molecule has 3 aliphatic heterocycles. The van der Waals surface area contributed by atoms with Gasteiger partial charge in [0, 0.05) is 69.3 Å². The number of nitrogens with zero attached hydrogens (tertiary/aromatic N) is 2. The number of alkyl halides is 2. The summed E-state index contributed by atoms with van der Waals surface area (Å²) in [5.74, 6) is -1.78. The monoisotopic (exact) mass is 563 g/mol. The van der Waals surface area contributed by atoms with E-state index in [1.807, 2.05) is 11.9 Å². The summed E-state index contributed by atoms with van der Waals surface area (Å²) in [4.78, 5) is 5.12. The van der Waals surface area contributed by atoms with Crippen molar-refractivity contribution in [3.05, 3.63) is 34.9 Å². The largest absolute Gasteiger partial charge is 0.357 e. The van der Waals surface area contributed by atoms with Crippen LogP contribution in [0, 0.1) is 19.8 Å². The molecule has 1 aromatic carbocycles. The Morgan fingerprint density at radius 3 is 2.54 bits per heavy atom. The van der Waals surface area contributed by atoms with E-state index >= 15 is 0 Å². The van der Waals surface area contributed by atoms with E-state index in [4.69, 9.17) is 4.74 Å². The predicted molar refractivity (Wildman–Crippen MR) is 154 cm³/mol. The average Bonchev–Trinajstić information content (AvgIpc) is 3.09. The maximum atomic E-state index is 14.0. The van der Waals surface area contributed by atoms with Crippen molar-refractivity contribution >= 4 is 11.9 Å². The van der Waals surface area contributed by atoms with Gasteiger partial charge in [-0.1, -0.05) is 36.6 Å². The number of ether oxygens (including phenoxy) is 1. The Labute approximate surface area is 237 Å². The van der Waals surface area contributed by atoms with Gasteiger partial charge in [-0.3, -0.25) is 20.4 Å². The molecule has 218 valence electrons. The lowest BCUT2D eigenvalue weighted by molar-refractivity contribution is -0.0854. The highest BCUT2D eigenvalue weighted by molar-refractivity contribution is 7.98. The van der Waals surface area contributed by atoms with Crippen molar-refractivity contribution in [3.8, 4) is 0 Å². The molecule has 0 aromatic heterocycles. The number of hydrogen-bond donors (Lipinski definition) is 3. The van der Waals surface area contributed by atoms with Crippen molar-refractivity contribution in [1.29, 1.82) is 0 Å². The molecule has 6 nitrogen and oxygen atoms in total. The maximum absolute atomic E-state index is 14.0. The van der Waals surface area contributed by atoms with E-state index in [2.05, 4.69) is 57.2 Å². The highest BCUT2D eigenvalue weighted by Gasteiger charge is 2.40. The third-order valence-corrected chi connectivity index (χ3v) is 11.0. The van der Waals surface area contributed by atoms with Crippen LogP contribution >= 0.6 is 11.9 Å². The SMILES string of the molecule is Cc1cccc(C)c1C1CC2NC(NSC3CCCC(C3)CN3CCN(C4CCC(F)(F)CC4)C[C@@H](C3)O2)N1. The topological polar surface area (TPSA) is 51.8 Å². The third kappa shape index (κ3) is 6.99. The average molecular weight is 564 g/mol. The molecule has 3 heterocycles. The molecular formula is C30H47F2N5OS. The van der Waals surface area contributed by atoms with Gasteiger partial charge >= 0.3 is 0 Å². The number of fused-ring (bicyclic) bond motifs is 6. The summed E-state index contributed by atoms with van der Waals surface area (Å²) in [6, 6.07) is 6.98. The lowest BCUT2D eigenvalue weighted by Gasteiger charge is -2.41. The van der Waals surface area contributed by atoms with Crippen molar-refractivity contribution < 1.29 is 13.5 Å². The molecule has 5 aliphatic rings. The van der Waals surface area contributed by atoms with Crippen LogP contribution in [-0.2, 0) is 4.74 Å². The zero-order valence-electron chi connectivity index (χ0n) is 23.6. The molecule has 7 atom stereocenters. The maximum Gasteiger partial charge on any atom is 0.248 e. The lowest BCUT2D eigenvalue weighted by Crippen LogP contribution is -2.62. The van der Waals surface area contributed by atoms with Crippen LogP contribution in [0.15, 0.2) is 18.2 Å². The Morgan fingerprint density at radius 1 is 0.949 bits per heavy atom. The highest BCUT2D eigenvalue weighted by atomic mass is 32.2. The van der Waals surface area contributed by atoms with Crippen molar-refractivity contribution in [1.82, 2.24) is 25.2 Å². The van der Waals surface area contributed by atoms with Gasteiger partial charge in [0.1, 0.15) is 12.5 Å². The van der Waals surface area contributed by atoms with Crippen LogP contribution in [0.25, 0.3) is 0 Å². The van der Waals surface area contributed by atoms with E-state index in [0.717, 1.165) is 39.1 Å². The minimum absolute atomic E-state index is 0.0190. The number of nitrogens with one attached hydrogen (secondary N) is 3. The molecule has 0 spiro atoms. The quantitative estimate of drug-likeness (QED) is 0.442. The normalized spacial score (nSPS) is 38.6. The van der Waals surface area contributed by atoms with E-state index in [-0.39, 0.29) is 43.5 Å². The number of aryl methyl sites for hydroxylation is 2. The summed E-state index contributed by atoms with van der Waals surface area (Å²) >= 11 is 1.90. The molecular weight excluding hydrogens is 516 g/mol. The van der Waals surface area contributed by atoms with Gasteiger partial charge in [0.2, 0.25) is 5.92 Å². The van der Waals surface area contributed by atoms with E-state index < -0.39 is 5.92 Å². The first-order valence-electron chi connectivity index (χ1n) is 15.3. The first-order chi connectivity index (χ1) is 18.8. The van der Waals surface area contributed by atoms with Crippen LogP contribution < -0.4 is 15.4 Å². The van der Waals surface area contributed by atoms with E-state index in [1.54, 1.807) is 0 Å². The van der Waals surface area contributed by atoms with E-state index in [9.17, 15) is 8.78 Å². The second kappa shape index (κ2) is 12.2. The molecule has 0 amide bonds. The van der Waals surface area contributed by atoms with Crippen molar-refractivity contribution in [2.45, 2.75) is 114 Å². The second-order valence-electron chi connectivity index (χ2n) is 12.8. The molecule has 6 bridgehead atoms. The molecule has 2 aliphatic carbocycles. The minimum Gasteiger partial charge on any atom is -0.357 e. The summed E-state index contributed by atoms with van der Waals surface area (Å²) in [6.45, 7) is 9.25. The zero-order chi connectivity index (χ0) is 27.0.